The molecule has 0 spiro atoms. The molecule has 1 aromatic carbocycles. The van der Waals surface area contributed by atoms with E-state index in [2.05, 4.69) is 25.6 Å². The minimum atomic E-state index is 0.716. The van der Waals surface area contributed by atoms with Crippen molar-refractivity contribution in [2.75, 3.05) is 17.7 Å². The molecule has 0 amide bonds. The molecule has 0 saturated carbocycles. The molecule has 90 valence electrons. The van der Waals surface area contributed by atoms with Gasteiger partial charge in [0.2, 0.25) is 0 Å². The first-order valence-electron chi connectivity index (χ1n) is 5.45. The fourth-order valence-corrected chi connectivity index (χ4v) is 1.64. The summed E-state index contributed by atoms with van der Waals surface area (Å²) in [5.74, 6) is 1.47. The second-order valence-electron chi connectivity index (χ2n) is 3.70. The number of aromatic nitrogens is 3. The van der Waals surface area contributed by atoms with E-state index in [4.69, 9.17) is 4.42 Å². The monoisotopic (exact) mass is 241 g/mol. The standard InChI is InChI=1S/C12H11N5O/c1-13-11-5-12(15-6-14-11)17-8-2-3-9-10(4-8)18-7-16-9/h2-7H,1H3,(H2,13,14,15,17). The van der Waals surface area contributed by atoms with E-state index in [0.29, 0.717) is 5.82 Å². The Hall–Kier alpha value is -2.63. The van der Waals surface area contributed by atoms with Gasteiger partial charge in [-0.1, -0.05) is 0 Å². The first kappa shape index (κ1) is 10.5. The van der Waals surface area contributed by atoms with E-state index in [1.807, 2.05) is 31.3 Å². The molecular weight excluding hydrogens is 230 g/mol. The van der Waals surface area contributed by atoms with Crippen LogP contribution in [0.5, 0.6) is 0 Å². The van der Waals surface area contributed by atoms with E-state index < -0.39 is 0 Å². The van der Waals surface area contributed by atoms with Crippen LogP contribution in [-0.4, -0.2) is 22.0 Å². The summed E-state index contributed by atoms with van der Waals surface area (Å²) in [6.45, 7) is 0. The molecule has 2 aromatic heterocycles. The molecular formula is C12H11N5O. The van der Waals surface area contributed by atoms with Gasteiger partial charge in [0, 0.05) is 24.9 Å². The Labute approximate surface area is 103 Å². The smallest absolute Gasteiger partial charge is 0.181 e. The van der Waals surface area contributed by atoms with Gasteiger partial charge in [0.1, 0.15) is 23.5 Å². The van der Waals surface area contributed by atoms with Crippen LogP contribution in [0.3, 0.4) is 0 Å². The lowest BCUT2D eigenvalue weighted by atomic mass is 10.3. The minimum Gasteiger partial charge on any atom is -0.443 e. The Morgan fingerprint density at radius 2 is 1.94 bits per heavy atom. The first-order valence-corrected chi connectivity index (χ1v) is 5.45. The van der Waals surface area contributed by atoms with Crippen molar-refractivity contribution in [2.24, 2.45) is 0 Å². The lowest BCUT2D eigenvalue weighted by Gasteiger charge is -2.06. The molecule has 0 aliphatic heterocycles. The van der Waals surface area contributed by atoms with Crippen LogP contribution in [0.15, 0.2) is 41.4 Å². The summed E-state index contributed by atoms with van der Waals surface area (Å²) in [5, 5.41) is 6.14. The molecule has 0 unspecified atom stereocenters. The fourth-order valence-electron chi connectivity index (χ4n) is 1.64. The van der Waals surface area contributed by atoms with Gasteiger partial charge in [0.05, 0.1) is 0 Å². The van der Waals surface area contributed by atoms with Crippen LogP contribution in [0.25, 0.3) is 11.1 Å². The van der Waals surface area contributed by atoms with Crippen LogP contribution in [0.2, 0.25) is 0 Å². The van der Waals surface area contributed by atoms with E-state index in [1.165, 1.54) is 12.7 Å². The van der Waals surface area contributed by atoms with Crippen LogP contribution in [0.4, 0.5) is 17.3 Å². The van der Waals surface area contributed by atoms with Crippen LogP contribution >= 0.6 is 0 Å². The van der Waals surface area contributed by atoms with Gasteiger partial charge >= 0.3 is 0 Å². The maximum Gasteiger partial charge on any atom is 0.181 e. The van der Waals surface area contributed by atoms with Crippen LogP contribution in [0.1, 0.15) is 0 Å². The van der Waals surface area contributed by atoms with Crippen molar-refractivity contribution in [1.82, 2.24) is 15.0 Å². The molecule has 0 fully saturated rings. The topological polar surface area (TPSA) is 75.9 Å². The van der Waals surface area contributed by atoms with E-state index >= 15 is 0 Å². The van der Waals surface area contributed by atoms with E-state index in [1.54, 1.807) is 0 Å². The molecule has 0 saturated heterocycles. The van der Waals surface area contributed by atoms with E-state index in [0.717, 1.165) is 22.6 Å². The van der Waals surface area contributed by atoms with E-state index in [9.17, 15) is 0 Å². The van der Waals surface area contributed by atoms with Crippen LogP contribution < -0.4 is 10.6 Å². The van der Waals surface area contributed by atoms with Gasteiger partial charge < -0.3 is 15.1 Å². The Morgan fingerprint density at radius 3 is 2.83 bits per heavy atom. The number of hydrogen-bond donors (Lipinski definition) is 2. The highest BCUT2D eigenvalue weighted by Gasteiger charge is 2.02. The van der Waals surface area contributed by atoms with Gasteiger partial charge in [-0.2, -0.15) is 0 Å². The van der Waals surface area contributed by atoms with Crippen molar-refractivity contribution in [3.05, 3.63) is 37.0 Å². The largest absolute Gasteiger partial charge is 0.443 e. The van der Waals surface area contributed by atoms with Gasteiger partial charge in [0.25, 0.3) is 0 Å². The second kappa shape index (κ2) is 4.33. The number of anilines is 3. The van der Waals surface area contributed by atoms with Gasteiger partial charge in [-0.3, -0.25) is 0 Å². The predicted molar refractivity (Wildman–Crippen MR) is 68.9 cm³/mol. The lowest BCUT2D eigenvalue weighted by molar-refractivity contribution is 0.602. The maximum absolute atomic E-state index is 5.24. The summed E-state index contributed by atoms with van der Waals surface area (Å²) in [5.41, 5.74) is 2.46. The molecule has 0 atom stereocenters. The number of benzene rings is 1. The van der Waals surface area contributed by atoms with Gasteiger partial charge in [-0.15, -0.1) is 0 Å². The van der Waals surface area contributed by atoms with Crippen molar-refractivity contribution in [2.45, 2.75) is 0 Å². The summed E-state index contributed by atoms with van der Waals surface area (Å²) >= 11 is 0. The molecule has 0 aliphatic carbocycles. The molecule has 18 heavy (non-hydrogen) atoms. The summed E-state index contributed by atoms with van der Waals surface area (Å²) in [6.07, 6.45) is 2.93. The van der Waals surface area contributed by atoms with Gasteiger partial charge in [0.15, 0.2) is 12.0 Å². The summed E-state index contributed by atoms with van der Waals surface area (Å²) < 4.78 is 5.24. The highest BCUT2D eigenvalue weighted by Crippen LogP contribution is 2.21. The summed E-state index contributed by atoms with van der Waals surface area (Å²) in [6, 6.07) is 7.52. The molecule has 2 heterocycles. The SMILES string of the molecule is CNc1cc(Nc2ccc3ncoc3c2)ncn1. The molecule has 6 heteroatoms. The number of rotatable bonds is 3. The maximum atomic E-state index is 5.24. The lowest BCUT2D eigenvalue weighted by Crippen LogP contribution is -1.97. The number of hydrogen-bond acceptors (Lipinski definition) is 6. The van der Waals surface area contributed by atoms with Crippen molar-refractivity contribution < 1.29 is 4.42 Å². The Morgan fingerprint density at radius 1 is 1.06 bits per heavy atom. The van der Waals surface area contributed by atoms with Crippen molar-refractivity contribution >= 4 is 28.4 Å². The number of nitrogens with one attached hydrogen (secondary N) is 2. The molecule has 3 aromatic rings. The molecule has 0 aliphatic rings. The second-order valence-corrected chi connectivity index (χ2v) is 3.70. The molecule has 3 rings (SSSR count). The molecule has 0 radical (unpaired) electrons. The third-order valence-electron chi connectivity index (χ3n) is 2.53. The fraction of sp³-hybridized carbons (Fsp3) is 0.0833. The summed E-state index contributed by atoms with van der Waals surface area (Å²) in [7, 11) is 1.81. The van der Waals surface area contributed by atoms with Crippen LogP contribution in [0, 0.1) is 0 Å². The zero-order chi connectivity index (χ0) is 12.4. The average molecular weight is 241 g/mol. The van der Waals surface area contributed by atoms with Gasteiger partial charge in [-0.05, 0) is 12.1 Å². The zero-order valence-electron chi connectivity index (χ0n) is 9.71. The van der Waals surface area contributed by atoms with Crippen LogP contribution in [-0.2, 0) is 0 Å². The number of oxazole rings is 1. The third kappa shape index (κ3) is 1.95. The quantitative estimate of drug-likeness (QED) is 0.733. The number of fused-ring (bicyclic) bond motifs is 1. The van der Waals surface area contributed by atoms with E-state index in [-0.39, 0.29) is 0 Å². The van der Waals surface area contributed by atoms with Crippen molar-refractivity contribution in [3.8, 4) is 0 Å². The number of nitrogens with zero attached hydrogens (tertiary/aromatic N) is 3. The third-order valence-corrected chi connectivity index (χ3v) is 2.53. The molecule has 0 bridgehead atoms. The average Bonchev–Trinajstić information content (AvgIpc) is 2.86. The summed E-state index contributed by atoms with van der Waals surface area (Å²) in [4.78, 5) is 12.3. The molecule has 6 nitrogen and oxygen atoms in total. The Balaban J connectivity index is 1.90. The van der Waals surface area contributed by atoms with Crippen molar-refractivity contribution in [1.29, 1.82) is 0 Å². The highest BCUT2D eigenvalue weighted by atomic mass is 16.3. The van der Waals surface area contributed by atoms with Crippen molar-refractivity contribution in [3.63, 3.8) is 0 Å². The Bertz CT molecular complexity index is 679. The first-order chi connectivity index (χ1) is 8.85. The highest BCUT2D eigenvalue weighted by molar-refractivity contribution is 5.78. The Kier molecular flexibility index (Phi) is 2.53. The zero-order valence-corrected chi connectivity index (χ0v) is 9.71. The normalized spacial score (nSPS) is 10.5. The molecule has 2 N–H and O–H groups in total. The predicted octanol–water partition coefficient (Wildman–Crippen LogP) is 2.40. The van der Waals surface area contributed by atoms with Gasteiger partial charge in [-0.25, -0.2) is 15.0 Å². The minimum absolute atomic E-state index is 0.716.